The number of nitrogens with zero attached hydrogens (tertiary/aromatic N) is 1. The highest BCUT2D eigenvalue weighted by Crippen LogP contribution is 2.29. The van der Waals surface area contributed by atoms with Gasteiger partial charge in [0, 0.05) is 24.5 Å². The molecule has 24 heavy (non-hydrogen) atoms. The van der Waals surface area contributed by atoms with Crippen LogP contribution >= 0.6 is 0 Å². The van der Waals surface area contributed by atoms with Crippen LogP contribution in [0.4, 0.5) is 0 Å². The zero-order valence-electron chi connectivity index (χ0n) is 13.3. The highest BCUT2D eigenvalue weighted by atomic mass is 16.6. The van der Waals surface area contributed by atoms with E-state index in [2.05, 4.69) is 4.98 Å². The van der Waals surface area contributed by atoms with Gasteiger partial charge in [0.05, 0.1) is 13.3 Å². The van der Waals surface area contributed by atoms with Crippen LogP contribution in [0.2, 0.25) is 0 Å². The minimum absolute atomic E-state index is 0.0939. The van der Waals surface area contributed by atoms with Gasteiger partial charge in [0.2, 0.25) is 0 Å². The fourth-order valence-electron chi connectivity index (χ4n) is 2.38. The third-order valence-electron chi connectivity index (χ3n) is 3.71. The lowest BCUT2D eigenvalue weighted by Gasteiger charge is -2.17. The number of aromatic nitrogens is 1. The minimum Gasteiger partial charge on any atom is -0.497 e. The van der Waals surface area contributed by atoms with Gasteiger partial charge in [-0.25, -0.2) is 4.98 Å². The number of ether oxygens (including phenoxy) is 3. The molecule has 0 unspecified atom stereocenters. The second-order valence-electron chi connectivity index (χ2n) is 5.29. The molecule has 2 aromatic rings. The monoisotopic (exact) mass is 327 g/mol. The normalized spacial score (nSPS) is 12.5. The molecule has 124 valence electrons. The van der Waals surface area contributed by atoms with Gasteiger partial charge in [0.25, 0.3) is 0 Å². The number of ketones is 2. The molecule has 6 nitrogen and oxygen atoms in total. The number of benzene rings is 1. The lowest BCUT2D eigenvalue weighted by molar-refractivity contribution is 0.0914. The van der Waals surface area contributed by atoms with Crippen molar-refractivity contribution >= 4 is 11.6 Å². The Bertz CT molecular complexity index is 755. The Morgan fingerprint density at radius 3 is 2.42 bits per heavy atom. The van der Waals surface area contributed by atoms with Crippen molar-refractivity contribution in [1.29, 1.82) is 0 Å². The Morgan fingerprint density at radius 1 is 1.04 bits per heavy atom. The summed E-state index contributed by atoms with van der Waals surface area (Å²) >= 11 is 0. The molecule has 0 saturated heterocycles. The van der Waals surface area contributed by atoms with Crippen LogP contribution in [0.3, 0.4) is 0 Å². The lowest BCUT2D eigenvalue weighted by Crippen LogP contribution is -2.16. The summed E-state index contributed by atoms with van der Waals surface area (Å²) in [5.74, 6) is 1.44. The summed E-state index contributed by atoms with van der Waals surface area (Å²) in [5, 5.41) is 0. The van der Waals surface area contributed by atoms with Crippen LogP contribution in [0.15, 0.2) is 36.5 Å². The van der Waals surface area contributed by atoms with Crippen molar-refractivity contribution in [2.75, 3.05) is 20.3 Å². The van der Waals surface area contributed by atoms with Gasteiger partial charge in [-0.15, -0.1) is 0 Å². The highest BCUT2D eigenvalue weighted by Gasteiger charge is 2.17. The van der Waals surface area contributed by atoms with Gasteiger partial charge in [0.15, 0.2) is 23.1 Å². The first-order valence-electron chi connectivity index (χ1n) is 7.63. The Labute approximate surface area is 139 Å². The molecule has 0 aliphatic carbocycles. The topological polar surface area (TPSA) is 74.7 Å². The molecular weight excluding hydrogens is 310 g/mol. The number of carbonyl (C=O) groups excluding carboxylic acids is 2. The predicted octanol–water partition coefficient (Wildman–Crippen LogP) is 2.71. The first kappa shape index (κ1) is 16.0. The summed E-state index contributed by atoms with van der Waals surface area (Å²) in [4.78, 5) is 28.5. The molecule has 6 heteroatoms. The van der Waals surface area contributed by atoms with E-state index in [1.54, 1.807) is 37.4 Å². The number of Topliss-reactive ketones (excluding diaryl/α,β-unsaturated/α-hetero) is 2. The third-order valence-corrected chi connectivity index (χ3v) is 3.71. The number of carbonyl (C=O) groups is 2. The number of fused-ring (bicyclic) bond motifs is 1. The molecule has 3 rings (SSSR count). The summed E-state index contributed by atoms with van der Waals surface area (Å²) in [5.41, 5.74) is 0.834. The number of hydrogen-bond acceptors (Lipinski definition) is 6. The molecule has 0 amide bonds. The maximum absolute atomic E-state index is 12.2. The van der Waals surface area contributed by atoms with E-state index >= 15 is 0 Å². The van der Waals surface area contributed by atoms with E-state index in [-0.39, 0.29) is 30.1 Å². The molecular formula is C18H17NO5. The number of pyridine rings is 1. The van der Waals surface area contributed by atoms with Gasteiger partial charge in [-0.05, 0) is 24.3 Å². The number of rotatable bonds is 6. The van der Waals surface area contributed by atoms with Gasteiger partial charge in [-0.1, -0.05) is 0 Å². The smallest absolute Gasteiger partial charge is 0.181 e. The van der Waals surface area contributed by atoms with Crippen LogP contribution in [0.25, 0.3) is 0 Å². The quantitative estimate of drug-likeness (QED) is 0.760. The van der Waals surface area contributed by atoms with Gasteiger partial charge in [-0.3, -0.25) is 9.59 Å². The van der Waals surface area contributed by atoms with E-state index in [0.29, 0.717) is 36.0 Å². The molecule has 0 atom stereocenters. The molecule has 2 heterocycles. The molecule has 0 fully saturated rings. The Kier molecular flexibility index (Phi) is 4.74. The standard InChI is InChI=1S/C18H17NO5/c1-22-13-4-2-12(3-5-13)15(20)6-7-16(21)14-10-17-18(11-19-14)24-9-8-23-17/h2-5,10-11H,6-9H2,1H3. The van der Waals surface area contributed by atoms with Crippen LogP contribution in [0.1, 0.15) is 33.7 Å². The average molecular weight is 327 g/mol. The van der Waals surface area contributed by atoms with E-state index in [1.165, 1.54) is 6.20 Å². The predicted molar refractivity (Wildman–Crippen MR) is 86.1 cm³/mol. The second-order valence-corrected chi connectivity index (χ2v) is 5.29. The third kappa shape index (κ3) is 3.53. The minimum atomic E-state index is -0.200. The van der Waals surface area contributed by atoms with Crippen LogP contribution in [-0.2, 0) is 0 Å². The molecule has 1 aliphatic rings. The van der Waals surface area contributed by atoms with E-state index < -0.39 is 0 Å². The van der Waals surface area contributed by atoms with Crippen molar-refractivity contribution in [3.05, 3.63) is 47.8 Å². The lowest BCUT2D eigenvalue weighted by atomic mass is 10.0. The summed E-state index contributed by atoms with van der Waals surface area (Å²) in [7, 11) is 1.57. The molecule has 0 radical (unpaired) electrons. The fraction of sp³-hybridized carbons (Fsp3) is 0.278. The van der Waals surface area contributed by atoms with E-state index in [0.717, 1.165) is 0 Å². The van der Waals surface area contributed by atoms with Crippen molar-refractivity contribution in [2.24, 2.45) is 0 Å². The van der Waals surface area contributed by atoms with Gasteiger partial charge in [-0.2, -0.15) is 0 Å². The van der Waals surface area contributed by atoms with Crippen LogP contribution in [-0.4, -0.2) is 36.9 Å². The summed E-state index contributed by atoms with van der Waals surface area (Å²) < 4.78 is 15.9. The largest absolute Gasteiger partial charge is 0.497 e. The molecule has 1 aromatic heterocycles. The molecule has 0 saturated carbocycles. The average Bonchev–Trinajstić information content (AvgIpc) is 2.65. The van der Waals surface area contributed by atoms with Crippen molar-refractivity contribution in [3.63, 3.8) is 0 Å². The van der Waals surface area contributed by atoms with Gasteiger partial charge in [0.1, 0.15) is 24.7 Å². The number of hydrogen-bond donors (Lipinski definition) is 0. The fourth-order valence-corrected chi connectivity index (χ4v) is 2.38. The van der Waals surface area contributed by atoms with Gasteiger partial charge >= 0.3 is 0 Å². The van der Waals surface area contributed by atoms with Crippen molar-refractivity contribution in [2.45, 2.75) is 12.8 Å². The molecule has 1 aromatic carbocycles. The highest BCUT2D eigenvalue weighted by molar-refractivity contribution is 6.01. The zero-order chi connectivity index (χ0) is 16.9. The molecule has 1 aliphatic heterocycles. The van der Waals surface area contributed by atoms with E-state index in [9.17, 15) is 9.59 Å². The first-order valence-corrected chi connectivity index (χ1v) is 7.63. The maximum atomic E-state index is 12.2. The Morgan fingerprint density at radius 2 is 1.71 bits per heavy atom. The Balaban J connectivity index is 1.61. The second kappa shape index (κ2) is 7.12. The van der Waals surface area contributed by atoms with Crippen molar-refractivity contribution in [1.82, 2.24) is 4.98 Å². The maximum Gasteiger partial charge on any atom is 0.181 e. The van der Waals surface area contributed by atoms with Crippen LogP contribution in [0.5, 0.6) is 17.2 Å². The summed E-state index contributed by atoms with van der Waals surface area (Å²) in [6.45, 7) is 0.916. The molecule has 0 spiro atoms. The SMILES string of the molecule is COc1ccc(C(=O)CCC(=O)c2cc3c(cn2)OCCO3)cc1. The molecule has 0 N–H and O–H groups in total. The first-order chi connectivity index (χ1) is 11.7. The Hall–Kier alpha value is -2.89. The van der Waals surface area contributed by atoms with Crippen LogP contribution < -0.4 is 14.2 Å². The van der Waals surface area contributed by atoms with E-state index in [1.807, 2.05) is 0 Å². The zero-order valence-corrected chi connectivity index (χ0v) is 13.3. The summed E-state index contributed by atoms with van der Waals surface area (Å²) in [6, 6.07) is 8.38. The van der Waals surface area contributed by atoms with E-state index in [4.69, 9.17) is 14.2 Å². The van der Waals surface area contributed by atoms with Gasteiger partial charge < -0.3 is 14.2 Å². The van der Waals surface area contributed by atoms with Crippen LogP contribution in [0, 0.1) is 0 Å². The van der Waals surface area contributed by atoms with Crippen molar-refractivity contribution in [3.8, 4) is 17.2 Å². The summed E-state index contributed by atoms with van der Waals surface area (Å²) in [6.07, 6.45) is 1.70. The van der Waals surface area contributed by atoms with Crippen molar-refractivity contribution < 1.29 is 23.8 Å². The number of methoxy groups -OCH3 is 1. The molecule has 0 bridgehead atoms.